The number of ether oxygens (including phenoxy) is 1. The first kappa shape index (κ1) is 17.9. The number of aromatic nitrogens is 1. The van der Waals surface area contributed by atoms with Crippen LogP contribution in [-0.4, -0.2) is 11.0 Å². The Labute approximate surface area is 154 Å². The molecule has 0 saturated carbocycles. The number of carbonyl (C=O) groups excluding carboxylic acids is 1. The van der Waals surface area contributed by atoms with Crippen molar-refractivity contribution >= 4 is 23.1 Å². The predicted octanol–water partition coefficient (Wildman–Crippen LogP) is 4.49. The zero-order valence-corrected chi connectivity index (χ0v) is 15.0. The average Bonchev–Trinajstić information content (AvgIpc) is 3.05. The molecule has 2 N–H and O–H groups in total. The van der Waals surface area contributed by atoms with Crippen LogP contribution in [-0.2, 0) is 13.2 Å². The molecule has 0 radical (unpaired) electrons. The van der Waals surface area contributed by atoms with Gasteiger partial charge >= 0.3 is 6.03 Å². The van der Waals surface area contributed by atoms with Crippen molar-refractivity contribution in [2.75, 3.05) is 5.32 Å². The highest BCUT2D eigenvalue weighted by atomic mass is 32.1. The van der Waals surface area contributed by atoms with Crippen molar-refractivity contribution in [3.63, 3.8) is 0 Å². The van der Waals surface area contributed by atoms with Crippen LogP contribution in [0, 0.1) is 12.7 Å². The number of nitrogens with one attached hydrogen (secondary N) is 2. The number of carbonyl (C=O) groups is 1. The van der Waals surface area contributed by atoms with E-state index in [0.29, 0.717) is 24.6 Å². The Bertz CT molecular complexity index is 881. The van der Waals surface area contributed by atoms with Gasteiger partial charge in [-0.1, -0.05) is 18.2 Å². The van der Waals surface area contributed by atoms with E-state index in [1.807, 2.05) is 6.92 Å². The third kappa shape index (κ3) is 5.29. The molecule has 0 bridgehead atoms. The lowest BCUT2D eigenvalue weighted by Crippen LogP contribution is -2.27. The molecule has 134 valence electrons. The van der Waals surface area contributed by atoms with Crippen LogP contribution in [0.5, 0.6) is 5.75 Å². The zero-order valence-electron chi connectivity index (χ0n) is 14.2. The molecule has 0 spiro atoms. The largest absolute Gasteiger partial charge is 0.489 e. The number of nitrogens with zero attached hydrogens (tertiary/aromatic N) is 1. The normalized spacial score (nSPS) is 10.4. The summed E-state index contributed by atoms with van der Waals surface area (Å²) in [7, 11) is 0. The predicted molar refractivity (Wildman–Crippen MR) is 99.9 cm³/mol. The molecule has 5 nitrogen and oxygen atoms in total. The Kier molecular flexibility index (Phi) is 5.80. The second kappa shape index (κ2) is 8.44. The van der Waals surface area contributed by atoms with Gasteiger partial charge in [0.1, 0.15) is 18.2 Å². The lowest BCUT2D eigenvalue weighted by atomic mass is 10.2. The third-order valence-electron chi connectivity index (χ3n) is 3.50. The highest BCUT2D eigenvalue weighted by molar-refractivity contribution is 7.11. The minimum Gasteiger partial charge on any atom is -0.489 e. The van der Waals surface area contributed by atoms with Crippen LogP contribution in [0.4, 0.5) is 14.9 Å². The third-order valence-corrected chi connectivity index (χ3v) is 4.42. The van der Waals surface area contributed by atoms with Gasteiger partial charge in [0.05, 0.1) is 11.6 Å². The van der Waals surface area contributed by atoms with Gasteiger partial charge in [-0.2, -0.15) is 0 Å². The van der Waals surface area contributed by atoms with E-state index in [-0.39, 0.29) is 11.8 Å². The van der Waals surface area contributed by atoms with E-state index in [4.69, 9.17) is 4.74 Å². The standard InChI is InChI=1S/C19H18FN3O2S/c1-13-21-10-18(26-13)11-22-19(24)23-16-3-2-4-17(9-16)25-12-14-5-7-15(20)8-6-14/h2-10H,11-12H2,1H3,(H2,22,23,24). The van der Waals surface area contributed by atoms with E-state index in [1.165, 1.54) is 12.1 Å². The Morgan fingerprint density at radius 3 is 2.77 bits per heavy atom. The number of halogens is 1. The molecule has 0 atom stereocenters. The van der Waals surface area contributed by atoms with E-state index in [9.17, 15) is 9.18 Å². The van der Waals surface area contributed by atoms with E-state index < -0.39 is 0 Å². The summed E-state index contributed by atoms with van der Waals surface area (Å²) >= 11 is 1.55. The van der Waals surface area contributed by atoms with E-state index in [1.54, 1.807) is 53.9 Å². The van der Waals surface area contributed by atoms with Gasteiger partial charge in [0, 0.05) is 22.8 Å². The van der Waals surface area contributed by atoms with Gasteiger partial charge in [0.25, 0.3) is 0 Å². The molecule has 1 heterocycles. The molecule has 0 fully saturated rings. The maximum absolute atomic E-state index is 12.9. The van der Waals surface area contributed by atoms with E-state index in [2.05, 4.69) is 15.6 Å². The monoisotopic (exact) mass is 371 g/mol. The molecule has 1 aromatic heterocycles. The molecule has 3 aromatic rings. The molecular formula is C19H18FN3O2S. The summed E-state index contributed by atoms with van der Waals surface area (Å²) in [5, 5.41) is 6.52. The molecule has 0 aliphatic rings. The number of urea groups is 1. The molecule has 0 aliphatic heterocycles. The van der Waals surface area contributed by atoms with Crippen LogP contribution in [0.3, 0.4) is 0 Å². The zero-order chi connectivity index (χ0) is 18.4. The Balaban J connectivity index is 1.51. The number of aryl methyl sites for hydroxylation is 1. The summed E-state index contributed by atoms with van der Waals surface area (Å²) in [6.07, 6.45) is 1.75. The van der Waals surface area contributed by atoms with Crippen molar-refractivity contribution in [2.45, 2.75) is 20.1 Å². The van der Waals surface area contributed by atoms with Crippen molar-refractivity contribution < 1.29 is 13.9 Å². The summed E-state index contributed by atoms with van der Waals surface area (Å²) in [4.78, 5) is 17.1. The number of hydrogen-bond acceptors (Lipinski definition) is 4. The van der Waals surface area contributed by atoms with E-state index in [0.717, 1.165) is 15.4 Å². The highest BCUT2D eigenvalue weighted by Crippen LogP contribution is 2.19. The SMILES string of the molecule is Cc1ncc(CNC(=O)Nc2cccc(OCc3ccc(F)cc3)c2)s1. The van der Waals surface area contributed by atoms with Crippen molar-refractivity contribution in [3.8, 4) is 5.75 Å². The number of anilines is 1. The summed E-state index contributed by atoms with van der Waals surface area (Å²) in [6.45, 7) is 2.67. The molecule has 26 heavy (non-hydrogen) atoms. The number of thiazole rings is 1. The Hall–Kier alpha value is -2.93. The van der Waals surface area contributed by atoms with Crippen LogP contribution in [0.25, 0.3) is 0 Å². The molecule has 3 rings (SSSR count). The second-order valence-corrected chi connectivity index (χ2v) is 6.92. The van der Waals surface area contributed by atoms with Gasteiger partial charge in [-0.25, -0.2) is 14.2 Å². The fourth-order valence-corrected chi connectivity index (χ4v) is 2.98. The van der Waals surface area contributed by atoms with E-state index >= 15 is 0 Å². The fourth-order valence-electron chi connectivity index (χ4n) is 2.24. The number of amides is 2. The number of benzene rings is 2. The summed E-state index contributed by atoms with van der Waals surface area (Å²) in [5.74, 6) is 0.338. The van der Waals surface area contributed by atoms with Gasteiger partial charge in [0.15, 0.2) is 0 Å². The first-order valence-electron chi connectivity index (χ1n) is 8.02. The Morgan fingerprint density at radius 2 is 2.04 bits per heavy atom. The van der Waals surface area contributed by atoms with Crippen LogP contribution < -0.4 is 15.4 Å². The van der Waals surface area contributed by atoms with Gasteiger partial charge in [0.2, 0.25) is 0 Å². The maximum Gasteiger partial charge on any atom is 0.319 e. The van der Waals surface area contributed by atoms with Crippen LogP contribution in [0.15, 0.2) is 54.7 Å². The fraction of sp³-hybridized carbons (Fsp3) is 0.158. The molecule has 2 amide bonds. The molecular weight excluding hydrogens is 353 g/mol. The average molecular weight is 371 g/mol. The van der Waals surface area contributed by atoms with Crippen LogP contribution in [0.1, 0.15) is 15.4 Å². The summed E-state index contributed by atoms with van der Waals surface area (Å²) in [6, 6.07) is 12.9. The smallest absolute Gasteiger partial charge is 0.319 e. The minimum absolute atomic E-state index is 0.278. The number of hydrogen-bond donors (Lipinski definition) is 2. The maximum atomic E-state index is 12.9. The van der Waals surface area contributed by atoms with Crippen LogP contribution in [0.2, 0.25) is 0 Å². The summed E-state index contributed by atoms with van der Waals surface area (Å²) in [5.41, 5.74) is 1.49. The molecule has 2 aromatic carbocycles. The van der Waals surface area contributed by atoms with Crippen LogP contribution >= 0.6 is 11.3 Å². The lowest BCUT2D eigenvalue weighted by molar-refractivity contribution is 0.252. The van der Waals surface area contributed by atoms with Crippen molar-refractivity contribution in [1.82, 2.24) is 10.3 Å². The van der Waals surface area contributed by atoms with Crippen molar-refractivity contribution in [1.29, 1.82) is 0 Å². The van der Waals surface area contributed by atoms with Gasteiger partial charge in [-0.05, 0) is 36.8 Å². The van der Waals surface area contributed by atoms with Gasteiger partial charge < -0.3 is 15.4 Å². The second-order valence-electron chi connectivity index (χ2n) is 5.60. The summed E-state index contributed by atoms with van der Waals surface area (Å²) < 4.78 is 18.6. The minimum atomic E-state index is -0.299. The highest BCUT2D eigenvalue weighted by Gasteiger charge is 2.05. The van der Waals surface area contributed by atoms with Crippen molar-refractivity contribution in [2.24, 2.45) is 0 Å². The first-order valence-corrected chi connectivity index (χ1v) is 8.83. The topological polar surface area (TPSA) is 63.2 Å². The van der Waals surface area contributed by atoms with Crippen molar-refractivity contribution in [3.05, 3.63) is 76.0 Å². The quantitative estimate of drug-likeness (QED) is 0.671. The van der Waals surface area contributed by atoms with Gasteiger partial charge in [-0.15, -0.1) is 11.3 Å². The molecule has 0 saturated heterocycles. The first-order chi connectivity index (χ1) is 12.6. The molecule has 0 aliphatic carbocycles. The molecule has 7 heteroatoms. The molecule has 0 unspecified atom stereocenters. The number of rotatable bonds is 6. The Morgan fingerprint density at radius 1 is 1.23 bits per heavy atom. The lowest BCUT2D eigenvalue weighted by Gasteiger charge is -2.10. The van der Waals surface area contributed by atoms with Gasteiger partial charge in [-0.3, -0.25) is 0 Å².